The molecule has 1 N–H and O–H groups in total. The van der Waals surface area contributed by atoms with Gasteiger partial charge in [-0.15, -0.1) is 10.2 Å². The number of hydrogen-bond donors (Lipinski definition) is 1. The van der Waals surface area contributed by atoms with Gasteiger partial charge in [0.2, 0.25) is 0 Å². The van der Waals surface area contributed by atoms with E-state index >= 15 is 0 Å². The molecule has 0 spiro atoms. The quantitative estimate of drug-likeness (QED) is 0.756. The maximum atomic E-state index is 8.93. The Morgan fingerprint density at radius 2 is 1.93 bits per heavy atom. The van der Waals surface area contributed by atoms with Crippen molar-refractivity contribution in [2.24, 2.45) is 7.05 Å². The van der Waals surface area contributed by atoms with Crippen LogP contribution in [0, 0.1) is 0 Å². The monoisotopic (exact) mass is 199 g/mol. The van der Waals surface area contributed by atoms with Crippen molar-refractivity contribution in [2.75, 3.05) is 7.11 Å². The molecule has 0 saturated carbocycles. The van der Waals surface area contributed by atoms with Crippen LogP contribution in [0.1, 0.15) is 25.5 Å². The van der Waals surface area contributed by atoms with Gasteiger partial charge in [-0.1, -0.05) is 0 Å². The van der Waals surface area contributed by atoms with Gasteiger partial charge >= 0.3 is 0 Å². The molecule has 0 aliphatic rings. The first-order valence-electron chi connectivity index (χ1n) is 4.53. The maximum absolute atomic E-state index is 8.93. The molecule has 0 bridgehead atoms. The number of aliphatic hydroxyl groups excluding tert-OH is 1. The molecule has 1 heterocycles. The molecule has 5 heteroatoms. The van der Waals surface area contributed by atoms with Crippen LogP contribution in [0.3, 0.4) is 0 Å². The second-order valence-corrected chi connectivity index (χ2v) is 3.89. The number of aromatic nitrogens is 3. The molecule has 1 aromatic rings. The van der Waals surface area contributed by atoms with Crippen LogP contribution in [-0.4, -0.2) is 32.6 Å². The van der Waals surface area contributed by atoms with Crippen LogP contribution in [0.15, 0.2) is 0 Å². The summed E-state index contributed by atoms with van der Waals surface area (Å²) >= 11 is 0. The second-order valence-electron chi connectivity index (χ2n) is 3.89. The van der Waals surface area contributed by atoms with Crippen LogP contribution in [0.4, 0.5) is 0 Å². The van der Waals surface area contributed by atoms with Crippen LogP contribution in [0.2, 0.25) is 0 Å². The minimum Gasteiger partial charge on any atom is -0.388 e. The SMILES string of the molecule is COC(C)(C)Cc1nnc(CO)n1C. The van der Waals surface area contributed by atoms with Crippen LogP contribution in [0.25, 0.3) is 0 Å². The molecule has 0 aliphatic carbocycles. The number of nitrogens with zero attached hydrogens (tertiary/aromatic N) is 3. The lowest BCUT2D eigenvalue weighted by atomic mass is 10.1. The van der Waals surface area contributed by atoms with Gasteiger partial charge in [0.05, 0.1) is 5.60 Å². The highest BCUT2D eigenvalue weighted by Gasteiger charge is 2.21. The van der Waals surface area contributed by atoms with Crippen molar-refractivity contribution in [3.63, 3.8) is 0 Å². The lowest BCUT2D eigenvalue weighted by molar-refractivity contribution is 0.0209. The van der Waals surface area contributed by atoms with Crippen molar-refractivity contribution in [1.82, 2.24) is 14.8 Å². The van der Waals surface area contributed by atoms with E-state index < -0.39 is 0 Å². The molecule has 80 valence electrons. The lowest BCUT2D eigenvalue weighted by Crippen LogP contribution is -2.27. The second kappa shape index (κ2) is 4.06. The molecule has 0 aromatic carbocycles. The Labute approximate surface area is 83.7 Å². The lowest BCUT2D eigenvalue weighted by Gasteiger charge is -2.21. The number of hydrogen-bond acceptors (Lipinski definition) is 4. The Morgan fingerprint density at radius 3 is 2.36 bits per heavy atom. The average Bonchev–Trinajstić information content (AvgIpc) is 2.47. The molecule has 1 aromatic heterocycles. The van der Waals surface area contributed by atoms with Gasteiger partial charge in [0.25, 0.3) is 0 Å². The molecule has 0 amide bonds. The molecule has 0 unspecified atom stereocenters. The zero-order valence-electron chi connectivity index (χ0n) is 9.11. The summed E-state index contributed by atoms with van der Waals surface area (Å²) in [6.45, 7) is 3.89. The van der Waals surface area contributed by atoms with E-state index in [-0.39, 0.29) is 12.2 Å². The van der Waals surface area contributed by atoms with E-state index in [2.05, 4.69) is 10.2 Å². The zero-order chi connectivity index (χ0) is 10.8. The summed E-state index contributed by atoms with van der Waals surface area (Å²) in [5.74, 6) is 1.40. The van der Waals surface area contributed by atoms with Crippen LogP contribution >= 0.6 is 0 Å². The number of rotatable bonds is 4. The van der Waals surface area contributed by atoms with Gasteiger partial charge in [-0.2, -0.15) is 0 Å². The minimum atomic E-state index is -0.256. The molecule has 0 aliphatic heterocycles. The Kier molecular flexibility index (Phi) is 3.23. The number of methoxy groups -OCH3 is 1. The summed E-state index contributed by atoms with van der Waals surface area (Å²) in [5.41, 5.74) is -0.256. The minimum absolute atomic E-state index is 0.0864. The molecular weight excluding hydrogens is 182 g/mol. The topological polar surface area (TPSA) is 60.2 Å². The maximum Gasteiger partial charge on any atom is 0.158 e. The highest BCUT2D eigenvalue weighted by atomic mass is 16.5. The molecular formula is C9H17N3O2. The van der Waals surface area contributed by atoms with Crippen LogP contribution in [-0.2, 0) is 24.8 Å². The zero-order valence-corrected chi connectivity index (χ0v) is 9.11. The largest absolute Gasteiger partial charge is 0.388 e. The smallest absolute Gasteiger partial charge is 0.158 e. The predicted molar refractivity (Wildman–Crippen MR) is 51.7 cm³/mol. The van der Waals surface area contributed by atoms with Gasteiger partial charge in [0.1, 0.15) is 12.4 Å². The molecule has 14 heavy (non-hydrogen) atoms. The highest BCUT2D eigenvalue weighted by molar-refractivity contribution is 4.97. The van der Waals surface area contributed by atoms with Gasteiger partial charge < -0.3 is 14.4 Å². The van der Waals surface area contributed by atoms with Crippen molar-refractivity contribution < 1.29 is 9.84 Å². The van der Waals surface area contributed by atoms with Crippen molar-refractivity contribution >= 4 is 0 Å². The fraction of sp³-hybridized carbons (Fsp3) is 0.778. The van der Waals surface area contributed by atoms with Crippen molar-refractivity contribution in [3.8, 4) is 0 Å². The molecule has 0 atom stereocenters. The predicted octanol–water partition coefficient (Wildman–Crippen LogP) is 0.275. The average molecular weight is 199 g/mol. The third-order valence-electron chi connectivity index (χ3n) is 2.33. The van der Waals surface area contributed by atoms with Gasteiger partial charge in [-0.05, 0) is 13.8 Å². The van der Waals surface area contributed by atoms with E-state index in [0.29, 0.717) is 12.2 Å². The van der Waals surface area contributed by atoms with Gasteiger partial charge in [0.15, 0.2) is 5.82 Å². The standard InChI is InChI=1S/C9H17N3O2/c1-9(2,14-4)5-7-10-11-8(6-13)12(7)3/h13H,5-6H2,1-4H3. The van der Waals surface area contributed by atoms with E-state index in [1.54, 1.807) is 11.7 Å². The van der Waals surface area contributed by atoms with E-state index in [9.17, 15) is 0 Å². The molecule has 0 fully saturated rings. The Bertz CT molecular complexity index is 307. The summed E-state index contributed by atoms with van der Waals surface area (Å²) in [4.78, 5) is 0. The normalized spacial score (nSPS) is 12.1. The summed E-state index contributed by atoms with van der Waals surface area (Å²) < 4.78 is 7.09. The molecule has 0 saturated heterocycles. The highest BCUT2D eigenvalue weighted by Crippen LogP contribution is 2.14. The first-order valence-corrected chi connectivity index (χ1v) is 4.53. The summed E-state index contributed by atoms with van der Waals surface area (Å²) in [6.07, 6.45) is 0.674. The summed E-state index contributed by atoms with van der Waals surface area (Å²) in [5, 5.41) is 16.8. The summed E-state index contributed by atoms with van der Waals surface area (Å²) in [7, 11) is 3.51. The first-order chi connectivity index (χ1) is 6.50. The van der Waals surface area contributed by atoms with Crippen molar-refractivity contribution in [2.45, 2.75) is 32.5 Å². The fourth-order valence-corrected chi connectivity index (χ4v) is 1.14. The van der Waals surface area contributed by atoms with Gasteiger partial charge in [-0.25, -0.2) is 0 Å². The van der Waals surface area contributed by atoms with Crippen molar-refractivity contribution in [3.05, 3.63) is 11.6 Å². The summed E-state index contributed by atoms with van der Waals surface area (Å²) in [6, 6.07) is 0. The van der Waals surface area contributed by atoms with E-state index in [0.717, 1.165) is 5.82 Å². The molecule has 5 nitrogen and oxygen atoms in total. The molecule has 1 rings (SSSR count). The molecule has 0 radical (unpaired) electrons. The number of aliphatic hydroxyl groups is 1. The first kappa shape index (κ1) is 11.1. The van der Waals surface area contributed by atoms with Crippen LogP contribution in [0.5, 0.6) is 0 Å². The Balaban J connectivity index is 2.82. The third-order valence-corrected chi connectivity index (χ3v) is 2.33. The van der Waals surface area contributed by atoms with E-state index in [1.165, 1.54) is 0 Å². The Morgan fingerprint density at radius 1 is 1.36 bits per heavy atom. The van der Waals surface area contributed by atoms with Crippen molar-refractivity contribution in [1.29, 1.82) is 0 Å². The van der Waals surface area contributed by atoms with E-state index in [1.807, 2.05) is 20.9 Å². The van der Waals surface area contributed by atoms with Gasteiger partial charge in [0, 0.05) is 20.6 Å². The van der Waals surface area contributed by atoms with Gasteiger partial charge in [-0.3, -0.25) is 0 Å². The fourth-order valence-electron chi connectivity index (χ4n) is 1.14. The van der Waals surface area contributed by atoms with Crippen LogP contribution < -0.4 is 0 Å². The third kappa shape index (κ3) is 2.30. The Hall–Kier alpha value is -0.940. The number of ether oxygens (including phenoxy) is 1. The van der Waals surface area contributed by atoms with E-state index in [4.69, 9.17) is 9.84 Å².